The highest BCUT2D eigenvalue weighted by atomic mass is 15.2. The molecule has 0 bridgehead atoms. The van der Waals surface area contributed by atoms with Crippen LogP contribution in [-0.2, 0) is 6.42 Å². The van der Waals surface area contributed by atoms with E-state index in [2.05, 4.69) is 147 Å². The number of allylic oxidation sites excluding steroid dienone is 5. The van der Waals surface area contributed by atoms with Crippen molar-refractivity contribution in [1.82, 2.24) is 0 Å². The minimum Gasteiger partial charge on any atom is -0.383 e. The predicted octanol–water partition coefficient (Wildman–Crippen LogP) is 10.7. The van der Waals surface area contributed by atoms with Crippen molar-refractivity contribution >= 4 is 22.9 Å². The van der Waals surface area contributed by atoms with Gasteiger partial charge in [-0.05, 0) is 73.2 Å². The van der Waals surface area contributed by atoms with Crippen molar-refractivity contribution in [3.8, 4) is 11.1 Å². The van der Waals surface area contributed by atoms with Crippen LogP contribution in [0.25, 0.3) is 16.8 Å². The van der Waals surface area contributed by atoms with Gasteiger partial charge in [-0.3, -0.25) is 0 Å². The minimum atomic E-state index is 0.180. The zero-order valence-corrected chi connectivity index (χ0v) is 27.1. The summed E-state index contributed by atoms with van der Waals surface area (Å²) in [7, 11) is 0. The van der Waals surface area contributed by atoms with Crippen molar-refractivity contribution in [2.75, 3.05) is 4.90 Å². The van der Waals surface area contributed by atoms with E-state index in [1.807, 2.05) is 31.2 Å². The molecule has 3 heteroatoms. The van der Waals surface area contributed by atoms with Crippen LogP contribution in [0.4, 0.5) is 11.4 Å². The lowest BCUT2D eigenvalue weighted by molar-refractivity contribution is 0.752. The summed E-state index contributed by atoms with van der Waals surface area (Å²) < 4.78 is 0. The van der Waals surface area contributed by atoms with Crippen LogP contribution in [0.2, 0.25) is 0 Å². The van der Waals surface area contributed by atoms with Crippen molar-refractivity contribution in [1.29, 1.82) is 0 Å². The molecule has 0 saturated carbocycles. The molecule has 230 valence electrons. The van der Waals surface area contributed by atoms with Crippen LogP contribution in [0.3, 0.4) is 0 Å². The Morgan fingerprint density at radius 1 is 0.891 bits per heavy atom. The number of anilines is 2. The predicted molar refractivity (Wildman–Crippen MR) is 200 cm³/mol. The molecule has 46 heavy (non-hydrogen) atoms. The molecular formula is C43H43N3. The van der Waals surface area contributed by atoms with Crippen molar-refractivity contribution in [2.24, 2.45) is 10.7 Å². The molecule has 0 amide bonds. The van der Waals surface area contributed by atoms with E-state index in [1.165, 1.54) is 16.8 Å². The molecule has 2 unspecified atom stereocenters. The van der Waals surface area contributed by atoms with Crippen LogP contribution in [-0.4, -0.2) is 11.9 Å². The van der Waals surface area contributed by atoms with Gasteiger partial charge in [0.05, 0.1) is 11.7 Å². The summed E-state index contributed by atoms with van der Waals surface area (Å²) >= 11 is 0. The average molecular weight is 602 g/mol. The monoisotopic (exact) mass is 601 g/mol. The van der Waals surface area contributed by atoms with E-state index in [1.54, 1.807) is 6.08 Å². The number of rotatable bonds is 11. The van der Waals surface area contributed by atoms with Gasteiger partial charge in [0.2, 0.25) is 0 Å². The maximum Gasteiger partial charge on any atom is 0.131 e. The van der Waals surface area contributed by atoms with E-state index in [-0.39, 0.29) is 12.0 Å². The number of hydrogen-bond donors (Lipinski definition) is 1. The van der Waals surface area contributed by atoms with Gasteiger partial charge in [-0.15, -0.1) is 6.58 Å². The summed E-state index contributed by atoms with van der Waals surface area (Å²) in [5.74, 6) is 0.698. The maximum absolute atomic E-state index is 6.58. The van der Waals surface area contributed by atoms with E-state index in [9.17, 15) is 0 Å². The number of nitrogens with two attached hydrogens (primary N) is 1. The number of hydrogen-bond acceptors (Lipinski definition) is 2. The number of aliphatic imine (C=N–C) groups is 1. The average Bonchev–Trinajstić information content (AvgIpc) is 3.40. The quantitative estimate of drug-likeness (QED) is 0.0804. The molecule has 1 aliphatic rings. The first kappa shape index (κ1) is 32.0. The lowest BCUT2D eigenvalue weighted by Crippen LogP contribution is -2.27. The van der Waals surface area contributed by atoms with E-state index in [0.29, 0.717) is 5.84 Å². The lowest BCUT2D eigenvalue weighted by Gasteiger charge is -2.28. The molecule has 2 N–H and O–H groups in total. The van der Waals surface area contributed by atoms with Gasteiger partial charge in [-0.1, -0.05) is 134 Å². The van der Waals surface area contributed by atoms with Gasteiger partial charge in [0, 0.05) is 28.4 Å². The van der Waals surface area contributed by atoms with Crippen LogP contribution in [0, 0.1) is 6.92 Å². The Labute approximate surface area is 274 Å². The van der Waals surface area contributed by atoms with Gasteiger partial charge >= 0.3 is 0 Å². The second-order valence-corrected chi connectivity index (χ2v) is 11.3. The topological polar surface area (TPSA) is 41.6 Å². The molecule has 0 saturated heterocycles. The number of nitrogens with zero attached hydrogens (tertiary/aromatic N) is 2. The van der Waals surface area contributed by atoms with E-state index < -0.39 is 0 Å². The fourth-order valence-corrected chi connectivity index (χ4v) is 6.24. The third-order valence-corrected chi connectivity index (χ3v) is 8.56. The van der Waals surface area contributed by atoms with E-state index in [0.717, 1.165) is 45.6 Å². The molecule has 0 spiro atoms. The molecule has 4 aromatic rings. The number of fused-ring (bicyclic) bond motifs is 1. The van der Waals surface area contributed by atoms with Crippen molar-refractivity contribution in [2.45, 2.75) is 39.2 Å². The summed E-state index contributed by atoms with van der Waals surface area (Å²) in [5.41, 5.74) is 17.7. The molecule has 0 fully saturated rings. The summed E-state index contributed by atoms with van der Waals surface area (Å²) in [5, 5.41) is 0. The Hall–Kier alpha value is -5.41. The van der Waals surface area contributed by atoms with Gasteiger partial charge < -0.3 is 10.6 Å². The maximum atomic E-state index is 6.58. The van der Waals surface area contributed by atoms with Gasteiger partial charge in [-0.2, -0.15) is 0 Å². The second kappa shape index (κ2) is 15.0. The van der Waals surface area contributed by atoms with E-state index >= 15 is 0 Å². The number of para-hydroxylation sites is 1. The zero-order chi connectivity index (χ0) is 32.5. The molecule has 0 radical (unpaired) electrons. The first-order valence-corrected chi connectivity index (χ1v) is 15.9. The molecule has 3 nitrogen and oxygen atoms in total. The van der Waals surface area contributed by atoms with Crippen LogP contribution >= 0.6 is 0 Å². The third kappa shape index (κ3) is 6.79. The highest BCUT2D eigenvalue weighted by molar-refractivity contribution is 6.02. The van der Waals surface area contributed by atoms with Crippen LogP contribution in [0.15, 0.2) is 169 Å². The Bertz CT molecular complexity index is 1830. The third-order valence-electron chi connectivity index (χ3n) is 8.56. The molecule has 1 heterocycles. The normalized spacial score (nSPS) is 17.1. The summed E-state index contributed by atoms with van der Waals surface area (Å²) in [6, 6.07) is 34.6. The first-order chi connectivity index (χ1) is 22.5. The van der Waals surface area contributed by atoms with Crippen LogP contribution in [0.5, 0.6) is 0 Å². The van der Waals surface area contributed by atoms with Gasteiger partial charge in [0.1, 0.15) is 5.84 Å². The van der Waals surface area contributed by atoms with Crippen LogP contribution in [0.1, 0.15) is 42.0 Å². The molecule has 0 aromatic heterocycles. The van der Waals surface area contributed by atoms with Gasteiger partial charge in [-0.25, -0.2) is 4.99 Å². The zero-order valence-electron chi connectivity index (χ0n) is 27.1. The van der Waals surface area contributed by atoms with Crippen molar-refractivity contribution in [3.05, 3.63) is 187 Å². The second-order valence-electron chi connectivity index (χ2n) is 11.3. The largest absolute Gasteiger partial charge is 0.383 e. The van der Waals surface area contributed by atoms with Gasteiger partial charge in [0.25, 0.3) is 0 Å². The first-order valence-electron chi connectivity index (χ1n) is 15.9. The highest BCUT2D eigenvalue weighted by Crippen LogP contribution is 2.46. The Morgan fingerprint density at radius 3 is 2.33 bits per heavy atom. The Morgan fingerprint density at radius 2 is 1.63 bits per heavy atom. The fourth-order valence-electron chi connectivity index (χ4n) is 6.24. The number of benzene rings is 4. The smallest absolute Gasteiger partial charge is 0.131 e. The summed E-state index contributed by atoms with van der Waals surface area (Å²) in [6.07, 6.45) is 16.9. The molecule has 5 rings (SSSR count). The highest BCUT2D eigenvalue weighted by Gasteiger charge is 2.35. The molecular weight excluding hydrogens is 558 g/mol. The molecule has 4 aromatic carbocycles. The summed E-state index contributed by atoms with van der Waals surface area (Å²) in [6.45, 7) is 14.2. The fraction of sp³-hybridized carbons (Fsp3) is 0.140. The minimum absolute atomic E-state index is 0.180. The van der Waals surface area contributed by atoms with Crippen molar-refractivity contribution < 1.29 is 0 Å². The molecule has 0 aliphatic carbocycles. The lowest BCUT2D eigenvalue weighted by atomic mass is 9.94. The Kier molecular flexibility index (Phi) is 10.5. The van der Waals surface area contributed by atoms with Crippen molar-refractivity contribution in [3.63, 3.8) is 0 Å². The standard InChI is InChI=1S/C43H43N3/c1-6-10-20-33(8-3)43(44)45-40(30-25-32-18-12-11-13-19-32)38-23-16-22-37(31(38)5)34-26-28-35(29-27-34)46-41(17-7-2)36(9-4)39-21-14-15-24-42(39)46/h6-24,26-30,36,41H,1,4,25H2,2-3,5H3,(H2,44,45)/b17-7-,20-10-,33-8+,40-30-. The molecule has 2 atom stereocenters. The van der Waals surface area contributed by atoms with Crippen LogP contribution < -0.4 is 10.6 Å². The summed E-state index contributed by atoms with van der Waals surface area (Å²) in [4.78, 5) is 7.42. The molecule has 1 aliphatic heterocycles. The number of amidine groups is 1. The Balaban J connectivity index is 1.53. The van der Waals surface area contributed by atoms with Gasteiger partial charge in [0.15, 0.2) is 0 Å². The SMILES string of the molecule is C=C\C=C/C(=C\C)C(/N)=N/C(=C\Cc1ccccc1)c1cccc(-c2ccc(N3c4ccccc4C(C=C)C3/C=C\C)cc2)c1C. The van der Waals surface area contributed by atoms with E-state index in [4.69, 9.17) is 10.7 Å².